The summed E-state index contributed by atoms with van der Waals surface area (Å²) in [6, 6.07) is 9.78. The molecule has 0 spiro atoms. The van der Waals surface area contributed by atoms with E-state index >= 15 is 0 Å². The SMILES string of the molecule is COc1cc(OC)cc(C(=O)NCCC(=O)Nc2cc(Cl)ccc2OC)c1. The van der Waals surface area contributed by atoms with E-state index in [9.17, 15) is 9.59 Å². The first-order valence-electron chi connectivity index (χ1n) is 8.11. The molecule has 2 rings (SSSR count). The van der Waals surface area contributed by atoms with Gasteiger partial charge in [0.2, 0.25) is 5.91 Å². The molecule has 0 radical (unpaired) electrons. The topological polar surface area (TPSA) is 85.9 Å². The minimum atomic E-state index is -0.333. The predicted octanol–water partition coefficient (Wildman–Crippen LogP) is 3.12. The Hall–Kier alpha value is -2.93. The largest absolute Gasteiger partial charge is 0.497 e. The summed E-state index contributed by atoms with van der Waals surface area (Å²) in [6.07, 6.45) is 0.0858. The lowest BCUT2D eigenvalue weighted by molar-refractivity contribution is -0.116. The van der Waals surface area contributed by atoms with Gasteiger partial charge in [-0.3, -0.25) is 9.59 Å². The van der Waals surface area contributed by atoms with E-state index in [-0.39, 0.29) is 24.8 Å². The molecule has 0 unspecified atom stereocenters. The quantitative estimate of drug-likeness (QED) is 0.720. The molecule has 0 saturated heterocycles. The predicted molar refractivity (Wildman–Crippen MR) is 103 cm³/mol. The summed E-state index contributed by atoms with van der Waals surface area (Å²) in [6.45, 7) is 0.160. The molecule has 2 aromatic rings. The van der Waals surface area contributed by atoms with Crippen LogP contribution in [0, 0.1) is 0 Å². The van der Waals surface area contributed by atoms with Crippen molar-refractivity contribution in [2.75, 3.05) is 33.2 Å². The number of rotatable bonds is 8. The van der Waals surface area contributed by atoms with Crippen LogP contribution in [0.4, 0.5) is 5.69 Å². The lowest BCUT2D eigenvalue weighted by Crippen LogP contribution is -2.27. The third kappa shape index (κ3) is 5.79. The van der Waals surface area contributed by atoms with Crippen molar-refractivity contribution in [3.63, 3.8) is 0 Å². The number of amides is 2. The Morgan fingerprint density at radius 1 is 0.963 bits per heavy atom. The molecule has 0 aliphatic heterocycles. The van der Waals surface area contributed by atoms with E-state index in [1.807, 2.05) is 0 Å². The minimum Gasteiger partial charge on any atom is -0.497 e. The molecular formula is C19H21ClN2O5. The van der Waals surface area contributed by atoms with Gasteiger partial charge < -0.3 is 24.8 Å². The number of methoxy groups -OCH3 is 3. The maximum Gasteiger partial charge on any atom is 0.251 e. The molecular weight excluding hydrogens is 372 g/mol. The standard InChI is InChI=1S/C19H21ClN2O5/c1-25-14-8-12(9-15(11-14)26-2)19(24)21-7-6-18(23)22-16-10-13(20)4-5-17(16)27-3/h4-5,8-11H,6-7H2,1-3H3,(H,21,24)(H,22,23). The van der Waals surface area contributed by atoms with Crippen molar-refractivity contribution in [2.24, 2.45) is 0 Å². The summed E-state index contributed by atoms with van der Waals surface area (Å²) in [5.74, 6) is 0.898. The van der Waals surface area contributed by atoms with Gasteiger partial charge in [-0.25, -0.2) is 0 Å². The summed E-state index contributed by atoms with van der Waals surface area (Å²) in [7, 11) is 4.51. The van der Waals surface area contributed by atoms with Gasteiger partial charge in [0.1, 0.15) is 17.2 Å². The van der Waals surface area contributed by atoms with Gasteiger partial charge >= 0.3 is 0 Å². The molecule has 0 aliphatic rings. The third-order valence-corrected chi connectivity index (χ3v) is 3.92. The highest BCUT2D eigenvalue weighted by atomic mass is 35.5. The van der Waals surface area contributed by atoms with Crippen molar-refractivity contribution in [1.82, 2.24) is 5.32 Å². The molecule has 0 atom stereocenters. The van der Waals surface area contributed by atoms with Gasteiger partial charge in [0.15, 0.2) is 0 Å². The van der Waals surface area contributed by atoms with E-state index in [0.717, 1.165) is 0 Å². The average Bonchev–Trinajstić information content (AvgIpc) is 2.67. The molecule has 2 N–H and O–H groups in total. The van der Waals surface area contributed by atoms with Crippen LogP contribution < -0.4 is 24.8 Å². The Balaban J connectivity index is 1.91. The third-order valence-electron chi connectivity index (χ3n) is 3.69. The fraction of sp³-hybridized carbons (Fsp3) is 0.263. The van der Waals surface area contributed by atoms with Crippen molar-refractivity contribution < 1.29 is 23.8 Å². The van der Waals surface area contributed by atoms with Crippen molar-refractivity contribution in [1.29, 1.82) is 0 Å². The molecule has 2 aromatic carbocycles. The molecule has 8 heteroatoms. The van der Waals surface area contributed by atoms with Gasteiger partial charge in [-0.05, 0) is 30.3 Å². The Bertz CT molecular complexity index is 803. The van der Waals surface area contributed by atoms with Gasteiger partial charge in [0, 0.05) is 29.6 Å². The highest BCUT2D eigenvalue weighted by Crippen LogP contribution is 2.27. The second-order valence-electron chi connectivity index (χ2n) is 5.50. The van der Waals surface area contributed by atoms with E-state index < -0.39 is 0 Å². The Morgan fingerprint density at radius 3 is 2.22 bits per heavy atom. The molecule has 0 bridgehead atoms. The number of anilines is 1. The van der Waals surface area contributed by atoms with Gasteiger partial charge in [0.05, 0.1) is 27.0 Å². The van der Waals surface area contributed by atoms with Crippen LogP contribution in [0.15, 0.2) is 36.4 Å². The number of halogens is 1. The highest BCUT2D eigenvalue weighted by molar-refractivity contribution is 6.31. The van der Waals surface area contributed by atoms with Crippen LogP contribution in [-0.2, 0) is 4.79 Å². The number of ether oxygens (including phenoxy) is 3. The highest BCUT2D eigenvalue weighted by Gasteiger charge is 2.12. The van der Waals surface area contributed by atoms with Crippen LogP contribution in [0.1, 0.15) is 16.8 Å². The maximum atomic E-state index is 12.3. The fourth-order valence-corrected chi connectivity index (χ4v) is 2.49. The second-order valence-corrected chi connectivity index (χ2v) is 5.94. The van der Waals surface area contributed by atoms with Crippen molar-refractivity contribution in [3.05, 3.63) is 47.0 Å². The van der Waals surface area contributed by atoms with Crippen LogP contribution in [-0.4, -0.2) is 39.7 Å². The van der Waals surface area contributed by atoms with Crippen LogP contribution in [0.2, 0.25) is 5.02 Å². The number of carbonyl (C=O) groups excluding carboxylic acids is 2. The summed E-state index contributed by atoms with van der Waals surface area (Å²) in [4.78, 5) is 24.4. The minimum absolute atomic E-state index is 0.0858. The second kappa shape index (κ2) is 9.68. The van der Waals surface area contributed by atoms with Crippen molar-refractivity contribution in [2.45, 2.75) is 6.42 Å². The maximum absolute atomic E-state index is 12.3. The number of nitrogens with one attached hydrogen (secondary N) is 2. The zero-order valence-corrected chi connectivity index (χ0v) is 16.1. The van der Waals surface area contributed by atoms with Gasteiger partial charge in [-0.15, -0.1) is 0 Å². The number of benzene rings is 2. The van der Waals surface area contributed by atoms with Crippen LogP contribution in [0.25, 0.3) is 0 Å². The molecule has 144 valence electrons. The Morgan fingerprint density at radius 2 is 1.63 bits per heavy atom. The van der Waals surface area contributed by atoms with E-state index in [1.54, 1.807) is 36.4 Å². The normalized spacial score (nSPS) is 10.1. The Labute approximate surface area is 162 Å². The zero-order chi connectivity index (χ0) is 19.8. The summed E-state index contributed by atoms with van der Waals surface area (Å²) < 4.78 is 15.5. The van der Waals surface area contributed by atoms with Gasteiger partial charge in [0.25, 0.3) is 5.91 Å². The van der Waals surface area contributed by atoms with Crippen molar-refractivity contribution >= 4 is 29.1 Å². The number of hydrogen-bond acceptors (Lipinski definition) is 5. The van der Waals surface area contributed by atoms with Crippen LogP contribution in [0.5, 0.6) is 17.2 Å². The molecule has 0 aromatic heterocycles. The summed E-state index contributed by atoms with van der Waals surface area (Å²) in [5, 5.41) is 5.88. The molecule has 0 heterocycles. The van der Waals surface area contributed by atoms with E-state index in [4.69, 9.17) is 25.8 Å². The average molecular weight is 393 g/mol. The number of carbonyl (C=O) groups is 2. The van der Waals surface area contributed by atoms with E-state index in [0.29, 0.717) is 33.5 Å². The van der Waals surface area contributed by atoms with Crippen LogP contribution >= 0.6 is 11.6 Å². The van der Waals surface area contributed by atoms with Crippen LogP contribution in [0.3, 0.4) is 0 Å². The monoisotopic (exact) mass is 392 g/mol. The molecule has 2 amide bonds. The lowest BCUT2D eigenvalue weighted by atomic mass is 10.2. The fourth-order valence-electron chi connectivity index (χ4n) is 2.32. The first-order chi connectivity index (χ1) is 13.0. The van der Waals surface area contributed by atoms with Crippen molar-refractivity contribution in [3.8, 4) is 17.2 Å². The van der Waals surface area contributed by atoms with Gasteiger partial charge in [-0.1, -0.05) is 11.6 Å². The zero-order valence-electron chi connectivity index (χ0n) is 15.3. The molecule has 0 saturated carbocycles. The summed E-state index contributed by atoms with van der Waals surface area (Å²) >= 11 is 5.94. The molecule has 7 nitrogen and oxygen atoms in total. The molecule has 27 heavy (non-hydrogen) atoms. The first-order valence-corrected chi connectivity index (χ1v) is 8.49. The summed E-state index contributed by atoms with van der Waals surface area (Å²) in [5.41, 5.74) is 0.849. The molecule has 0 fully saturated rings. The first kappa shape index (κ1) is 20.4. The van der Waals surface area contributed by atoms with Gasteiger partial charge in [-0.2, -0.15) is 0 Å². The van der Waals surface area contributed by atoms with E-state index in [2.05, 4.69) is 10.6 Å². The Kier molecular flexibility index (Phi) is 7.31. The van der Waals surface area contributed by atoms with E-state index in [1.165, 1.54) is 21.3 Å². The smallest absolute Gasteiger partial charge is 0.251 e. The lowest BCUT2D eigenvalue weighted by Gasteiger charge is -2.11. The molecule has 0 aliphatic carbocycles. The number of hydrogen-bond donors (Lipinski definition) is 2.